The molecule has 0 spiro atoms. The molecule has 1 aliphatic rings. The van der Waals surface area contributed by atoms with Gasteiger partial charge in [0.2, 0.25) is 10.0 Å². The quantitative estimate of drug-likeness (QED) is 0.831. The molecule has 19 heavy (non-hydrogen) atoms. The van der Waals surface area contributed by atoms with Crippen LogP contribution in [0, 0.1) is 5.82 Å². The minimum Gasteiger partial charge on any atom is -0.314 e. The van der Waals surface area contributed by atoms with Gasteiger partial charge in [-0.3, -0.25) is 0 Å². The lowest BCUT2D eigenvalue weighted by Crippen LogP contribution is -2.31. The van der Waals surface area contributed by atoms with E-state index >= 15 is 0 Å². The molecule has 2 N–H and O–H groups in total. The van der Waals surface area contributed by atoms with Crippen LogP contribution >= 0.6 is 0 Å². The largest absolute Gasteiger partial charge is 0.314 e. The molecule has 0 bridgehead atoms. The molecule has 1 unspecified atom stereocenters. The predicted octanol–water partition coefficient (Wildman–Crippen LogP) is 1.39. The molecule has 1 saturated heterocycles. The lowest BCUT2D eigenvalue weighted by atomic mass is 10.2. The molecule has 0 amide bonds. The van der Waals surface area contributed by atoms with E-state index in [2.05, 4.69) is 10.0 Å². The first-order valence-electron chi connectivity index (χ1n) is 6.50. The maximum absolute atomic E-state index is 12.7. The SMILES string of the molecule is O=S(=O)(Cc1ccc(F)cc1)NCCC1CCCN1. The highest BCUT2D eigenvalue weighted by molar-refractivity contribution is 7.88. The summed E-state index contributed by atoms with van der Waals surface area (Å²) in [6.07, 6.45) is 3.08. The second-order valence-corrected chi connectivity index (χ2v) is 6.67. The van der Waals surface area contributed by atoms with E-state index < -0.39 is 10.0 Å². The molecule has 6 heteroatoms. The van der Waals surface area contributed by atoms with Crippen LogP contribution in [0.1, 0.15) is 24.8 Å². The summed E-state index contributed by atoms with van der Waals surface area (Å²) in [6.45, 7) is 1.47. The van der Waals surface area contributed by atoms with Crippen molar-refractivity contribution in [1.82, 2.24) is 10.0 Å². The van der Waals surface area contributed by atoms with Gasteiger partial charge in [0.05, 0.1) is 5.75 Å². The molecule has 1 aromatic carbocycles. The highest BCUT2D eigenvalue weighted by Crippen LogP contribution is 2.09. The van der Waals surface area contributed by atoms with Crippen LogP contribution in [0.2, 0.25) is 0 Å². The second kappa shape index (κ2) is 6.45. The van der Waals surface area contributed by atoms with Crippen molar-refractivity contribution in [2.24, 2.45) is 0 Å². The van der Waals surface area contributed by atoms with Crippen molar-refractivity contribution in [2.45, 2.75) is 31.1 Å². The van der Waals surface area contributed by atoms with E-state index in [-0.39, 0.29) is 11.6 Å². The molecule has 0 aromatic heterocycles. The van der Waals surface area contributed by atoms with E-state index in [0.717, 1.165) is 25.8 Å². The Labute approximate surface area is 113 Å². The number of hydrogen-bond acceptors (Lipinski definition) is 3. The Balaban J connectivity index is 1.79. The highest BCUT2D eigenvalue weighted by atomic mass is 32.2. The van der Waals surface area contributed by atoms with Crippen LogP contribution in [0.25, 0.3) is 0 Å². The molecule has 1 heterocycles. The summed E-state index contributed by atoms with van der Waals surface area (Å²) in [4.78, 5) is 0. The number of hydrogen-bond donors (Lipinski definition) is 2. The molecule has 0 radical (unpaired) electrons. The second-order valence-electron chi connectivity index (χ2n) is 4.86. The van der Waals surface area contributed by atoms with Crippen LogP contribution in [0.3, 0.4) is 0 Å². The fraction of sp³-hybridized carbons (Fsp3) is 0.538. The van der Waals surface area contributed by atoms with Gasteiger partial charge in [-0.1, -0.05) is 12.1 Å². The summed E-state index contributed by atoms with van der Waals surface area (Å²) < 4.78 is 39.0. The van der Waals surface area contributed by atoms with Gasteiger partial charge in [0, 0.05) is 12.6 Å². The van der Waals surface area contributed by atoms with Crippen molar-refractivity contribution in [1.29, 1.82) is 0 Å². The molecular weight excluding hydrogens is 267 g/mol. The molecule has 106 valence electrons. The van der Waals surface area contributed by atoms with Gasteiger partial charge in [0.15, 0.2) is 0 Å². The van der Waals surface area contributed by atoms with Gasteiger partial charge in [0.1, 0.15) is 5.82 Å². The molecule has 1 atom stereocenters. The first kappa shape index (κ1) is 14.4. The molecule has 1 aromatic rings. The summed E-state index contributed by atoms with van der Waals surface area (Å²) in [5, 5.41) is 3.32. The molecule has 1 aliphatic heterocycles. The molecule has 4 nitrogen and oxygen atoms in total. The smallest absolute Gasteiger partial charge is 0.215 e. The number of nitrogens with one attached hydrogen (secondary N) is 2. The van der Waals surface area contributed by atoms with Crippen molar-refractivity contribution in [3.63, 3.8) is 0 Å². The zero-order chi connectivity index (χ0) is 13.7. The molecule has 1 fully saturated rings. The standard InChI is InChI=1S/C13H19FN2O2S/c14-12-5-3-11(4-6-12)10-19(17,18)16-9-7-13-2-1-8-15-13/h3-6,13,15-16H,1-2,7-10H2. The Kier molecular flexibility index (Phi) is 4.90. The van der Waals surface area contributed by atoms with Crippen LogP contribution in [-0.4, -0.2) is 27.5 Å². The molecule has 2 rings (SSSR count). The van der Waals surface area contributed by atoms with Crippen molar-refractivity contribution in [2.75, 3.05) is 13.1 Å². The fourth-order valence-electron chi connectivity index (χ4n) is 2.24. The molecule has 0 aliphatic carbocycles. The van der Waals surface area contributed by atoms with Gasteiger partial charge >= 0.3 is 0 Å². The maximum atomic E-state index is 12.7. The Bertz CT molecular complexity index is 496. The van der Waals surface area contributed by atoms with Gasteiger partial charge in [-0.15, -0.1) is 0 Å². The van der Waals surface area contributed by atoms with E-state index in [0.29, 0.717) is 18.2 Å². The predicted molar refractivity (Wildman–Crippen MR) is 72.7 cm³/mol. The Morgan fingerprint density at radius 3 is 2.68 bits per heavy atom. The zero-order valence-corrected chi connectivity index (χ0v) is 11.5. The van der Waals surface area contributed by atoms with Crippen molar-refractivity contribution >= 4 is 10.0 Å². The van der Waals surface area contributed by atoms with Crippen molar-refractivity contribution in [3.05, 3.63) is 35.6 Å². The van der Waals surface area contributed by atoms with Gasteiger partial charge in [0.25, 0.3) is 0 Å². The van der Waals surface area contributed by atoms with Crippen LogP contribution in [0.4, 0.5) is 4.39 Å². The summed E-state index contributed by atoms with van der Waals surface area (Å²) in [6, 6.07) is 5.95. The van der Waals surface area contributed by atoms with Crippen LogP contribution < -0.4 is 10.0 Å². The van der Waals surface area contributed by atoms with Crippen molar-refractivity contribution in [3.8, 4) is 0 Å². The van der Waals surface area contributed by atoms with Gasteiger partial charge in [-0.2, -0.15) is 0 Å². The summed E-state index contributed by atoms with van der Waals surface area (Å²) in [5.41, 5.74) is 0.591. The Hall–Kier alpha value is -0.980. The van der Waals surface area contributed by atoms with Gasteiger partial charge in [-0.25, -0.2) is 17.5 Å². The normalized spacial score (nSPS) is 19.7. The summed E-state index contributed by atoms with van der Waals surface area (Å²) in [7, 11) is -3.34. The minimum absolute atomic E-state index is 0.106. The molecular formula is C13H19FN2O2S. The van der Waals surface area contributed by atoms with Gasteiger partial charge in [-0.05, 0) is 43.5 Å². The first-order chi connectivity index (χ1) is 9.05. The third kappa shape index (κ3) is 4.89. The maximum Gasteiger partial charge on any atom is 0.215 e. The van der Waals surface area contributed by atoms with Crippen LogP contribution in [0.5, 0.6) is 0 Å². The average Bonchev–Trinajstić information content (AvgIpc) is 2.85. The number of benzene rings is 1. The summed E-state index contributed by atoms with van der Waals surface area (Å²) in [5.74, 6) is -0.466. The average molecular weight is 286 g/mol. The fourth-order valence-corrected chi connectivity index (χ4v) is 3.41. The number of halogens is 1. The number of rotatable bonds is 6. The van der Waals surface area contributed by atoms with E-state index in [4.69, 9.17) is 0 Å². The van der Waals surface area contributed by atoms with Crippen LogP contribution in [-0.2, 0) is 15.8 Å². The lowest BCUT2D eigenvalue weighted by molar-refractivity contribution is 0.539. The monoisotopic (exact) mass is 286 g/mol. The lowest BCUT2D eigenvalue weighted by Gasteiger charge is -2.11. The Morgan fingerprint density at radius 1 is 1.32 bits per heavy atom. The van der Waals surface area contributed by atoms with E-state index in [1.165, 1.54) is 24.3 Å². The van der Waals surface area contributed by atoms with E-state index in [1.807, 2.05) is 0 Å². The third-order valence-electron chi connectivity index (χ3n) is 3.25. The zero-order valence-electron chi connectivity index (χ0n) is 10.7. The van der Waals surface area contributed by atoms with E-state index in [1.54, 1.807) is 0 Å². The highest BCUT2D eigenvalue weighted by Gasteiger charge is 2.16. The van der Waals surface area contributed by atoms with Crippen molar-refractivity contribution < 1.29 is 12.8 Å². The first-order valence-corrected chi connectivity index (χ1v) is 8.15. The topological polar surface area (TPSA) is 58.2 Å². The Morgan fingerprint density at radius 2 is 2.05 bits per heavy atom. The number of sulfonamides is 1. The minimum atomic E-state index is -3.34. The van der Waals surface area contributed by atoms with E-state index in [9.17, 15) is 12.8 Å². The van der Waals surface area contributed by atoms with Crippen LogP contribution in [0.15, 0.2) is 24.3 Å². The van der Waals surface area contributed by atoms with Gasteiger partial charge < -0.3 is 5.32 Å². The molecule has 0 saturated carbocycles. The third-order valence-corrected chi connectivity index (χ3v) is 4.60. The summed E-state index contributed by atoms with van der Waals surface area (Å²) >= 11 is 0.